The molecule has 0 spiro atoms. The van der Waals surface area contributed by atoms with Crippen molar-refractivity contribution in [3.63, 3.8) is 0 Å². The summed E-state index contributed by atoms with van der Waals surface area (Å²) in [7, 11) is 0. The molecular weight excluding hydrogens is 168 g/mol. The van der Waals surface area contributed by atoms with Crippen molar-refractivity contribution in [3.05, 3.63) is 0 Å². The van der Waals surface area contributed by atoms with Crippen LogP contribution in [0.1, 0.15) is 40.5 Å². The molecule has 0 aromatic heterocycles. The molecule has 1 N–H and O–H groups in total. The maximum atomic E-state index is 11.1. The topological polar surface area (TPSA) is 54.4 Å². The molecule has 1 atom stereocenters. The summed E-state index contributed by atoms with van der Waals surface area (Å²) in [4.78, 5) is 21.9. The van der Waals surface area contributed by atoms with Gasteiger partial charge in [-0.25, -0.2) is 0 Å². The Morgan fingerprint density at radius 3 is 2.08 bits per heavy atom. The fourth-order valence-corrected chi connectivity index (χ4v) is 1.17. The van der Waals surface area contributed by atoms with E-state index in [2.05, 4.69) is 0 Å². The van der Waals surface area contributed by atoms with Gasteiger partial charge in [-0.2, -0.15) is 0 Å². The molecule has 0 bridgehead atoms. The van der Waals surface area contributed by atoms with Gasteiger partial charge in [-0.1, -0.05) is 20.8 Å². The largest absolute Gasteiger partial charge is 0.481 e. The Labute approximate surface area is 79.1 Å². The third-order valence-corrected chi connectivity index (χ3v) is 2.55. The van der Waals surface area contributed by atoms with Gasteiger partial charge >= 0.3 is 5.97 Å². The molecule has 0 rings (SSSR count). The second-order valence-corrected chi connectivity index (χ2v) is 4.09. The van der Waals surface area contributed by atoms with Gasteiger partial charge in [0, 0.05) is 5.41 Å². The molecule has 0 aliphatic heterocycles. The van der Waals surface area contributed by atoms with E-state index in [1.807, 2.05) is 6.92 Å². The van der Waals surface area contributed by atoms with Crippen LogP contribution in [0.25, 0.3) is 0 Å². The molecule has 0 saturated heterocycles. The summed E-state index contributed by atoms with van der Waals surface area (Å²) >= 11 is 0. The molecule has 3 nitrogen and oxygen atoms in total. The van der Waals surface area contributed by atoms with E-state index in [0.717, 1.165) is 0 Å². The van der Waals surface area contributed by atoms with Crippen molar-refractivity contribution in [2.24, 2.45) is 11.3 Å². The molecule has 0 heterocycles. The number of rotatable bonds is 5. The molecule has 0 saturated carbocycles. The lowest BCUT2D eigenvalue weighted by atomic mass is 9.79. The van der Waals surface area contributed by atoms with Crippen molar-refractivity contribution in [3.8, 4) is 0 Å². The molecular formula is C10H18O3. The van der Waals surface area contributed by atoms with Crippen LogP contribution in [0.5, 0.6) is 0 Å². The van der Waals surface area contributed by atoms with Crippen LogP contribution in [0.3, 0.4) is 0 Å². The average Bonchev–Trinajstić information content (AvgIpc) is 1.99. The number of Topliss-reactive ketones (excluding diaryl/α,β-unsaturated/α-hetero) is 1. The van der Waals surface area contributed by atoms with Gasteiger partial charge < -0.3 is 5.11 Å². The number of ketones is 1. The highest BCUT2D eigenvalue weighted by Crippen LogP contribution is 2.28. The molecule has 0 fully saturated rings. The van der Waals surface area contributed by atoms with Crippen molar-refractivity contribution < 1.29 is 14.7 Å². The first kappa shape index (κ1) is 12.1. The second-order valence-electron chi connectivity index (χ2n) is 4.09. The van der Waals surface area contributed by atoms with E-state index in [4.69, 9.17) is 5.11 Å². The molecule has 0 aliphatic rings. The van der Waals surface area contributed by atoms with Crippen molar-refractivity contribution in [2.45, 2.75) is 40.5 Å². The maximum Gasteiger partial charge on any atom is 0.306 e. The highest BCUT2D eigenvalue weighted by Gasteiger charge is 2.30. The van der Waals surface area contributed by atoms with Gasteiger partial charge in [0.25, 0.3) is 0 Å². The van der Waals surface area contributed by atoms with Crippen LogP contribution in [0.15, 0.2) is 0 Å². The molecule has 3 heteroatoms. The standard InChI is InChI=1S/C10H18O3/c1-5-8(9(12)13)6-10(3,4)7(2)11/h8H,5-6H2,1-4H3,(H,12,13). The third-order valence-electron chi connectivity index (χ3n) is 2.55. The van der Waals surface area contributed by atoms with E-state index < -0.39 is 17.3 Å². The molecule has 0 radical (unpaired) electrons. The van der Waals surface area contributed by atoms with Gasteiger partial charge in [-0.3, -0.25) is 9.59 Å². The zero-order chi connectivity index (χ0) is 10.6. The molecule has 0 aromatic carbocycles. The molecule has 0 aromatic rings. The van der Waals surface area contributed by atoms with E-state index in [0.29, 0.717) is 12.8 Å². The lowest BCUT2D eigenvalue weighted by molar-refractivity contribution is -0.143. The predicted octanol–water partition coefficient (Wildman–Crippen LogP) is 2.10. The van der Waals surface area contributed by atoms with Gasteiger partial charge in [-0.15, -0.1) is 0 Å². The van der Waals surface area contributed by atoms with Crippen LogP contribution in [-0.4, -0.2) is 16.9 Å². The summed E-state index contributed by atoms with van der Waals surface area (Å²) in [6.45, 7) is 6.92. The SMILES string of the molecule is CCC(CC(C)(C)C(C)=O)C(=O)O. The Kier molecular flexibility index (Phi) is 4.11. The van der Waals surface area contributed by atoms with E-state index in [1.165, 1.54) is 6.92 Å². The van der Waals surface area contributed by atoms with Gasteiger partial charge in [0.2, 0.25) is 0 Å². The molecule has 0 amide bonds. The number of carboxylic acid groups (broad SMARTS) is 1. The third kappa shape index (κ3) is 3.57. The summed E-state index contributed by atoms with van der Waals surface area (Å²) in [5, 5.41) is 8.81. The van der Waals surface area contributed by atoms with Crippen molar-refractivity contribution in [1.29, 1.82) is 0 Å². The van der Waals surface area contributed by atoms with Gasteiger partial charge in [0.05, 0.1) is 5.92 Å². The minimum atomic E-state index is -0.808. The zero-order valence-electron chi connectivity index (χ0n) is 8.76. The van der Waals surface area contributed by atoms with E-state index >= 15 is 0 Å². The van der Waals surface area contributed by atoms with Crippen molar-refractivity contribution >= 4 is 11.8 Å². The quantitative estimate of drug-likeness (QED) is 0.715. The predicted molar refractivity (Wildman–Crippen MR) is 50.5 cm³/mol. The van der Waals surface area contributed by atoms with E-state index in [-0.39, 0.29) is 5.78 Å². The minimum Gasteiger partial charge on any atom is -0.481 e. The van der Waals surface area contributed by atoms with Crippen molar-refractivity contribution in [2.75, 3.05) is 0 Å². The summed E-state index contributed by atoms with van der Waals surface area (Å²) < 4.78 is 0. The van der Waals surface area contributed by atoms with Crippen LogP contribution in [-0.2, 0) is 9.59 Å². The fourth-order valence-electron chi connectivity index (χ4n) is 1.17. The summed E-state index contributed by atoms with van der Waals surface area (Å²) in [5.41, 5.74) is -0.515. The zero-order valence-corrected chi connectivity index (χ0v) is 8.76. The first-order valence-electron chi connectivity index (χ1n) is 4.55. The smallest absolute Gasteiger partial charge is 0.306 e. The summed E-state index contributed by atoms with van der Waals surface area (Å²) in [6.07, 6.45) is 1.00. The molecule has 13 heavy (non-hydrogen) atoms. The molecule has 76 valence electrons. The van der Waals surface area contributed by atoms with Crippen LogP contribution in [0.2, 0.25) is 0 Å². The highest BCUT2D eigenvalue weighted by molar-refractivity contribution is 5.82. The number of carboxylic acids is 1. The lowest BCUT2D eigenvalue weighted by Gasteiger charge is -2.24. The highest BCUT2D eigenvalue weighted by atomic mass is 16.4. The molecule has 1 unspecified atom stereocenters. The Bertz CT molecular complexity index is 206. The lowest BCUT2D eigenvalue weighted by Crippen LogP contribution is -2.28. The monoisotopic (exact) mass is 186 g/mol. The Hall–Kier alpha value is -0.860. The number of carbonyl (C=O) groups is 2. The van der Waals surface area contributed by atoms with E-state index in [9.17, 15) is 9.59 Å². The van der Waals surface area contributed by atoms with Gasteiger partial charge in [-0.05, 0) is 19.8 Å². The normalized spacial score (nSPS) is 13.8. The number of hydrogen-bond acceptors (Lipinski definition) is 2. The second kappa shape index (κ2) is 4.40. The number of hydrogen-bond donors (Lipinski definition) is 1. The van der Waals surface area contributed by atoms with Gasteiger partial charge in [0.15, 0.2) is 0 Å². The summed E-state index contributed by atoms with van der Waals surface area (Å²) in [5.74, 6) is -1.16. The Balaban J connectivity index is 4.39. The number of carbonyl (C=O) groups excluding carboxylic acids is 1. The first-order valence-corrected chi connectivity index (χ1v) is 4.55. The molecule has 0 aliphatic carbocycles. The fraction of sp³-hybridized carbons (Fsp3) is 0.800. The summed E-state index contributed by atoms with van der Waals surface area (Å²) in [6, 6.07) is 0. The van der Waals surface area contributed by atoms with Crippen LogP contribution in [0, 0.1) is 11.3 Å². The van der Waals surface area contributed by atoms with Crippen LogP contribution >= 0.6 is 0 Å². The van der Waals surface area contributed by atoms with Crippen LogP contribution < -0.4 is 0 Å². The van der Waals surface area contributed by atoms with Gasteiger partial charge in [0.1, 0.15) is 5.78 Å². The Morgan fingerprint density at radius 1 is 1.38 bits per heavy atom. The van der Waals surface area contributed by atoms with E-state index in [1.54, 1.807) is 13.8 Å². The first-order chi connectivity index (χ1) is 5.81. The van der Waals surface area contributed by atoms with Crippen LogP contribution in [0.4, 0.5) is 0 Å². The number of aliphatic carboxylic acids is 1. The maximum absolute atomic E-state index is 11.1. The minimum absolute atomic E-state index is 0.0483. The van der Waals surface area contributed by atoms with Crippen molar-refractivity contribution in [1.82, 2.24) is 0 Å². The average molecular weight is 186 g/mol. The Morgan fingerprint density at radius 2 is 1.85 bits per heavy atom.